The molecule has 1 N–H and O–H groups in total. The van der Waals surface area contributed by atoms with Crippen molar-refractivity contribution in [2.75, 3.05) is 5.32 Å². The topological polar surface area (TPSA) is 77.2 Å². The zero-order chi connectivity index (χ0) is 17.8. The summed E-state index contributed by atoms with van der Waals surface area (Å²) in [4.78, 5) is 16.4. The van der Waals surface area contributed by atoms with Crippen molar-refractivity contribution in [2.45, 2.75) is 27.4 Å². The number of rotatable bonds is 5. The highest BCUT2D eigenvalue weighted by Crippen LogP contribution is 2.23. The van der Waals surface area contributed by atoms with E-state index in [-0.39, 0.29) is 18.2 Å². The molecule has 1 amide bonds. The third-order valence-corrected chi connectivity index (χ3v) is 3.85. The zero-order valence-electron chi connectivity index (χ0n) is 14.4. The lowest BCUT2D eigenvalue weighted by molar-refractivity contribution is 0.101. The van der Waals surface area contributed by atoms with Gasteiger partial charge in [-0.1, -0.05) is 17.3 Å². The summed E-state index contributed by atoms with van der Waals surface area (Å²) >= 11 is 0. The van der Waals surface area contributed by atoms with Gasteiger partial charge in [-0.15, -0.1) is 0 Å². The Bertz CT molecular complexity index is 888. The van der Waals surface area contributed by atoms with Gasteiger partial charge in [0.2, 0.25) is 0 Å². The highest BCUT2D eigenvalue weighted by Gasteiger charge is 2.20. The maximum absolute atomic E-state index is 12.5. The van der Waals surface area contributed by atoms with E-state index in [2.05, 4.69) is 15.5 Å². The standard InChI is InChI=1S/C19H19N3O3/c1-12-4-5-13(2)17(10-12)24-11-16-14(3)25-22-18(16)19(23)21-15-6-8-20-9-7-15/h4-10H,11H2,1-3H3,(H,20,21,23). The lowest BCUT2D eigenvalue weighted by Crippen LogP contribution is -2.15. The van der Waals surface area contributed by atoms with Gasteiger partial charge in [0.05, 0.1) is 5.56 Å². The summed E-state index contributed by atoms with van der Waals surface area (Å²) in [5, 5.41) is 6.66. The van der Waals surface area contributed by atoms with Crippen LogP contribution in [-0.2, 0) is 6.61 Å². The largest absolute Gasteiger partial charge is 0.488 e. The first kappa shape index (κ1) is 16.7. The molecule has 0 bridgehead atoms. The second-order valence-corrected chi connectivity index (χ2v) is 5.81. The van der Waals surface area contributed by atoms with Crippen LogP contribution in [0.4, 0.5) is 5.69 Å². The molecule has 0 saturated carbocycles. The van der Waals surface area contributed by atoms with Gasteiger partial charge in [-0.2, -0.15) is 0 Å². The molecule has 2 heterocycles. The van der Waals surface area contributed by atoms with E-state index in [0.29, 0.717) is 17.0 Å². The quantitative estimate of drug-likeness (QED) is 0.766. The summed E-state index contributed by atoms with van der Waals surface area (Å²) in [7, 11) is 0. The maximum atomic E-state index is 12.5. The van der Waals surface area contributed by atoms with Gasteiger partial charge in [0.15, 0.2) is 5.69 Å². The van der Waals surface area contributed by atoms with E-state index in [1.165, 1.54) is 0 Å². The Hall–Kier alpha value is -3.15. The van der Waals surface area contributed by atoms with Gasteiger partial charge in [0.25, 0.3) is 5.91 Å². The first-order chi connectivity index (χ1) is 12.0. The number of amides is 1. The summed E-state index contributed by atoms with van der Waals surface area (Å²) in [5.74, 6) is 0.994. The van der Waals surface area contributed by atoms with Gasteiger partial charge in [0, 0.05) is 18.1 Å². The number of pyridine rings is 1. The van der Waals surface area contributed by atoms with Crippen LogP contribution < -0.4 is 10.1 Å². The van der Waals surface area contributed by atoms with Gasteiger partial charge in [-0.05, 0) is 50.1 Å². The number of ether oxygens (including phenoxy) is 1. The van der Waals surface area contributed by atoms with Crippen molar-refractivity contribution < 1.29 is 14.1 Å². The molecule has 0 atom stereocenters. The highest BCUT2D eigenvalue weighted by molar-refractivity contribution is 6.03. The Labute approximate surface area is 145 Å². The predicted octanol–water partition coefficient (Wildman–Crippen LogP) is 3.83. The van der Waals surface area contributed by atoms with Gasteiger partial charge in [0.1, 0.15) is 18.1 Å². The van der Waals surface area contributed by atoms with Crippen LogP contribution in [0, 0.1) is 20.8 Å². The van der Waals surface area contributed by atoms with E-state index in [1.807, 2.05) is 32.0 Å². The minimum Gasteiger partial charge on any atom is -0.488 e. The normalized spacial score (nSPS) is 10.5. The molecule has 0 fully saturated rings. The number of aryl methyl sites for hydroxylation is 3. The molecule has 3 rings (SSSR count). The van der Waals surface area contributed by atoms with E-state index in [9.17, 15) is 4.79 Å². The molecule has 2 aromatic heterocycles. The SMILES string of the molecule is Cc1ccc(C)c(OCc2c(C(=O)Nc3ccncc3)noc2C)c1. The number of hydrogen-bond acceptors (Lipinski definition) is 5. The number of nitrogens with one attached hydrogen (secondary N) is 1. The number of carbonyl (C=O) groups is 1. The molecular weight excluding hydrogens is 318 g/mol. The minimum atomic E-state index is -0.345. The van der Waals surface area contributed by atoms with Crippen molar-refractivity contribution in [1.82, 2.24) is 10.1 Å². The second-order valence-electron chi connectivity index (χ2n) is 5.81. The molecule has 0 aliphatic carbocycles. The first-order valence-corrected chi connectivity index (χ1v) is 7.91. The van der Waals surface area contributed by atoms with Crippen LogP contribution in [0.15, 0.2) is 47.2 Å². The number of aromatic nitrogens is 2. The summed E-state index contributed by atoms with van der Waals surface area (Å²) in [6.07, 6.45) is 3.21. The molecular formula is C19H19N3O3. The zero-order valence-corrected chi connectivity index (χ0v) is 14.4. The molecule has 0 aliphatic rings. The number of carbonyl (C=O) groups excluding carboxylic acids is 1. The maximum Gasteiger partial charge on any atom is 0.278 e. The fourth-order valence-electron chi connectivity index (χ4n) is 2.38. The average molecular weight is 337 g/mol. The van der Waals surface area contributed by atoms with Gasteiger partial charge in [-0.25, -0.2) is 0 Å². The average Bonchev–Trinajstić information content (AvgIpc) is 2.97. The van der Waals surface area contributed by atoms with E-state index < -0.39 is 0 Å². The van der Waals surface area contributed by atoms with Crippen molar-refractivity contribution in [3.63, 3.8) is 0 Å². The third kappa shape index (κ3) is 3.85. The van der Waals surface area contributed by atoms with Crippen LogP contribution in [-0.4, -0.2) is 16.0 Å². The lowest BCUT2D eigenvalue weighted by Gasteiger charge is -2.10. The first-order valence-electron chi connectivity index (χ1n) is 7.91. The highest BCUT2D eigenvalue weighted by atomic mass is 16.5. The smallest absolute Gasteiger partial charge is 0.278 e. The van der Waals surface area contributed by atoms with Gasteiger partial charge < -0.3 is 14.6 Å². The molecule has 3 aromatic rings. The van der Waals surface area contributed by atoms with Crippen LogP contribution in [0.3, 0.4) is 0 Å². The van der Waals surface area contributed by atoms with E-state index in [1.54, 1.807) is 31.5 Å². The monoisotopic (exact) mass is 337 g/mol. The fourth-order valence-corrected chi connectivity index (χ4v) is 2.38. The van der Waals surface area contributed by atoms with E-state index in [0.717, 1.165) is 16.9 Å². The summed E-state index contributed by atoms with van der Waals surface area (Å²) in [6, 6.07) is 9.41. The van der Waals surface area contributed by atoms with Crippen LogP contribution in [0.25, 0.3) is 0 Å². The Morgan fingerprint density at radius 1 is 1.16 bits per heavy atom. The van der Waals surface area contributed by atoms with E-state index >= 15 is 0 Å². The van der Waals surface area contributed by atoms with Crippen LogP contribution >= 0.6 is 0 Å². The van der Waals surface area contributed by atoms with Crippen molar-refractivity contribution in [3.05, 3.63) is 70.9 Å². The lowest BCUT2D eigenvalue weighted by atomic mass is 10.1. The number of anilines is 1. The molecule has 0 spiro atoms. The summed E-state index contributed by atoms with van der Waals surface area (Å²) in [5.41, 5.74) is 3.63. The molecule has 0 unspecified atom stereocenters. The predicted molar refractivity (Wildman–Crippen MR) is 93.7 cm³/mol. The number of benzene rings is 1. The molecule has 1 aromatic carbocycles. The van der Waals surface area contributed by atoms with Gasteiger partial charge in [-0.3, -0.25) is 9.78 Å². The summed E-state index contributed by atoms with van der Waals surface area (Å²) < 4.78 is 11.1. The molecule has 6 heteroatoms. The van der Waals surface area contributed by atoms with Crippen molar-refractivity contribution in [2.24, 2.45) is 0 Å². The molecule has 6 nitrogen and oxygen atoms in total. The molecule has 0 radical (unpaired) electrons. The Kier molecular flexibility index (Phi) is 4.79. The number of nitrogens with zero attached hydrogens (tertiary/aromatic N) is 2. The second kappa shape index (κ2) is 7.17. The van der Waals surface area contributed by atoms with Crippen molar-refractivity contribution in [3.8, 4) is 5.75 Å². The minimum absolute atomic E-state index is 0.207. The fraction of sp³-hybridized carbons (Fsp3) is 0.211. The molecule has 0 aliphatic heterocycles. The Morgan fingerprint density at radius 3 is 2.68 bits per heavy atom. The summed E-state index contributed by atoms with van der Waals surface area (Å²) in [6.45, 7) is 5.95. The Balaban J connectivity index is 1.77. The van der Waals surface area contributed by atoms with E-state index in [4.69, 9.17) is 9.26 Å². The molecule has 0 saturated heterocycles. The van der Waals surface area contributed by atoms with Crippen molar-refractivity contribution >= 4 is 11.6 Å². The molecule has 128 valence electrons. The van der Waals surface area contributed by atoms with Crippen molar-refractivity contribution in [1.29, 1.82) is 0 Å². The third-order valence-electron chi connectivity index (χ3n) is 3.85. The van der Waals surface area contributed by atoms with Crippen LogP contribution in [0.1, 0.15) is 32.9 Å². The molecule has 25 heavy (non-hydrogen) atoms. The van der Waals surface area contributed by atoms with Gasteiger partial charge >= 0.3 is 0 Å². The van der Waals surface area contributed by atoms with Crippen LogP contribution in [0.5, 0.6) is 5.75 Å². The number of hydrogen-bond donors (Lipinski definition) is 1. The van der Waals surface area contributed by atoms with Crippen LogP contribution in [0.2, 0.25) is 0 Å². The Morgan fingerprint density at radius 2 is 1.92 bits per heavy atom.